The number of aryl methyl sites for hydroxylation is 2. The van der Waals surface area contributed by atoms with Gasteiger partial charge in [0.1, 0.15) is 5.75 Å². The molecule has 0 bridgehead atoms. The maximum atomic E-state index is 13.6. The lowest BCUT2D eigenvalue weighted by Gasteiger charge is -2.34. The quantitative estimate of drug-likeness (QED) is 0.253. The number of hydrogen-bond acceptors (Lipinski definition) is 8. The molecule has 1 aliphatic rings. The Hall–Kier alpha value is -3.41. The van der Waals surface area contributed by atoms with Crippen LogP contribution in [0.15, 0.2) is 82.0 Å². The van der Waals surface area contributed by atoms with Crippen LogP contribution in [-0.4, -0.2) is 37.2 Å². The Morgan fingerprint density at radius 3 is 2.54 bits per heavy atom. The molecule has 1 aliphatic heterocycles. The molecule has 8 nitrogen and oxygen atoms in total. The molecule has 0 aliphatic carbocycles. The highest BCUT2D eigenvalue weighted by Crippen LogP contribution is 2.38. The summed E-state index contributed by atoms with van der Waals surface area (Å²) in [5.74, 6) is 0.562. The van der Waals surface area contributed by atoms with Gasteiger partial charge >= 0.3 is 0 Å². The summed E-state index contributed by atoms with van der Waals surface area (Å²) in [6, 6.07) is 21.9. The van der Waals surface area contributed by atoms with Gasteiger partial charge in [-0.2, -0.15) is 0 Å². The van der Waals surface area contributed by atoms with Gasteiger partial charge in [0.25, 0.3) is 15.9 Å². The fraction of sp³-hybridized carbons (Fsp3) is 0.192. The van der Waals surface area contributed by atoms with Crippen LogP contribution in [0.2, 0.25) is 0 Å². The lowest BCUT2D eigenvalue weighted by atomic mass is 10.1. The van der Waals surface area contributed by atoms with Crippen molar-refractivity contribution >= 4 is 49.8 Å². The van der Waals surface area contributed by atoms with Crippen molar-refractivity contribution < 1.29 is 17.9 Å². The van der Waals surface area contributed by atoms with Crippen LogP contribution in [0.25, 0.3) is 0 Å². The van der Waals surface area contributed by atoms with E-state index < -0.39 is 22.0 Å². The predicted octanol–water partition coefficient (Wildman–Crippen LogP) is 5.04. The number of rotatable bonds is 7. The molecule has 1 unspecified atom stereocenters. The van der Waals surface area contributed by atoms with Crippen molar-refractivity contribution in [3.63, 3.8) is 0 Å². The molecule has 4 aromatic rings. The maximum absolute atomic E-state index is 13.6. The van der Waals surface area contributed by atoms with Gasteiger partial charge in [-0.1, -0.05) is 77.2 Å². The van der Waals surface area contributed by atoms with Crippen molar-refractivity contribution in [3.05, 3.63) is 89.5 Å². The normalized spacial score (nSPS) is 15.1. The topological polar surface area (TPSA) is 101 Å². The van der Waals surface area contributed by atoms with Crippen molar-refractivity contribution in [2.75, 3.05) is 16.2 Å². The standard InChI is InChI=1S/C26H24N4O4S3/c1-17-8-11-20(12-9-17)37(32,33)30-15-23(34-22-13-10-18(2)14-21(22)30)24(31)27-25-28-29-26(36-25)35-16-19-6-4-3-5-7-19/h3-14,23H,15-16H2,1-2H3,(H,27,28,31). The minimum atomic E-state index is -3.93. The minimum absolute atomic E-state index is 0.149. The number of aromatic nitrogens is 2. The second-order valence-electron chi connectivity index (χ2n) is 8.56. The summed E-state index contributed by atoms with van der Waals surface area (Å²) in [5.41, 5.74) is 3.39. The minimum Gasteiger partial charge on any atom is -0.476 e. The monoisotopic (exact) mass is 552 g/mol. The number of anilines is 2. The molecule has 0 saturated heterocycles. The van der Waals surface area contributed by atoms with E-state index in [1.807, 2.05) is 50.2 Å². The predicted molar refractivity (Wildman–Crippen MR) is 146 cm³/mol. The van der Waals surface area contributed by atoms with Crippen molar-refractivity contribution in [3.8, 4) is 5.75 Å². The van der Waals surface area contributed by atoms with Gasteiger partial charge in [-0.25, -0.2) is 8.42 Å². The number of hydrogen-bond donors (Lipinski definition) is 1. The summed E-state index contributed by atoms with van der Waals surface area (Å²) in [6.07, 6.45) is -1.07. The molecule has 0 saturated carbocycles. The average Bonchev–Trinajstić information content (AvgIpc) is 3.34. The highest BCUT2D eigenvalue weighted by molar-refractivity contribution is 8.00. The van der Waals surface area contributed by atoms with Gasteiger partial charge in [-0.05, 0) is 49.2 Å². The zero-order chi connectivity index (χ0) is 26.0. The van der Waals surface area contributed by atoms with Crippen LogP contribution < -0.4 is 14.4 Å². The van der Waals surface area contributed by atoms with Crippen molar-refractivity contribution in [1.82, 2.24) is 10.2 Å². The SMILES string of the molecule is Cc1ccc(S(=O)(=O)N2CC(C(=O)Nc3nnc(SCc4ccccc4)s3)Oc3ccc(C)cc32)cc1. The van der Waals surface area contributed by atoms with E-state index in [9.17, 15) is 13.2 Å². The fourth-order valence-corrected chi connectivity index (χ4v) is 6.97. The molecular weight excluding hydrogens is 529 g/mol. The van der Waals surface area contributed by atoms with Crippen molar-refractivity contribution in [2.45, 2.75) is 34.9 Å². The van der Waals surface area contributed by atoms with E-state index in [2.05, 4.69) is 15.5 Å². The molecule has 1 aromatic heterocycles. The van der Waals surface area contributed by atoms with Crippen LogP contribution in [0.5, 0.6) is 5.75 Å². The molecule has 1 amide bonds. The van der Waals surface area contributed by atoms with Crippen LogP contribution in [0, 0.1) is 13.8 Å². The average molecular weight is 553 g/mol. The number of nitrogens with one attached hydrogen (secondary N) is 1. The number of carbonyl (C=O) groups excluding carboxylic acids is 1. The number of fused-ring (bicyclic) bond motifs is 1. The van der Waals surface area contributed by atoms with Crippen LogP contribution in [0.1, 0.15) is 16.7 Å². The number of nitrogens with zero attached hydrogens (tertiary/aromatic N) is 3. The second-order valence-corrected chi connectivity index (χ2v) is 12.6. The summed E-state index contributed by atoms with van der Waals surface area (Å²) in [4.78, 5) is 13.3. The second kappa shape index (κ2) is 10.5. The molecule has 1 atom stereocenters. The maximum Gasteiger partial charge on any atom is 0.269 e. The summed E-state index contributed by atoms with van der Waals surface area (Å²) in [6.45, 7) is 3.59. The largest absolute Gasteiger partial charge is 0.476 e. The van der Waals surface area contributed by atoms with E-state index in [1.165, 1.54) is 27.4 Å². The number of carbonyl (C=O) groups is 1. The van der Waals surface area contributed by atoms with Gasteiger partial charge in [-0.15, -0.1) is 10.2 Å². The summed E-state index contributed by atoms with van der Waals surface area (Å²) >= 11 is 2.78. The first kappa shape index (κ1) is 25.2. The zero-order valence-electron chi connectivity index (χ0n) is 20.1. The Morgan fingerprint density at radius 1 is 1.05 bits per heavy atom. The van der Waals surface area contributed by atoms with Gasteiger partial charge in [0, 0.05) is 5.75 Å². The molecule has 0 spiro atoms. The van der Waals surface area contributed by atoms with Gasteiger partial charge in [0.05, 0.1) is 17.1 Å². The molecule has 1 N–H and O–H groups in total. The van der Waals surface area contributed by atoms with E-state index in [4.69, 9.17) is 4.74 Å². The molecule has 37 heavy (non-hydrogen) atoms. The van der Waals surface area contributed by atoms with E-state index in [0.29, 0.717) is 20.9 Å². The van der Waals surface area contributed by atoms with E-state index in [1.54, 1.807) is 36.4 Å². The zero-order valence-corrected chi connectivity index (χ0v) is 22.6. The third kappa shape index (κ3) is 5.63. The Balaban J connectivity index is 1.34. The first-order chi connectivity index (χ1) is 17.8. The summed E-state index contributed by atoms with van der Waals surface area (Å²) in [5, 5.41) is 11.3. The number of sulfonamides is 1. The van der Waals surface area contributed by atoms with Gasteiger partial charge in [-0.3, -0.25) is 14.4 Å². The molecular formula is C26H24N4O4S3. The number of ether oxygens (including phenoxy) is 1. The Morgan fingerprint density at radius 2 is 1.78 bits per heavy atom. The number of benzene rings is 3. The van der Waals surface area contributed by atoms with Crippen LogP contribution in [0.3, 0.4) is 0 Å². The van der Waals surface area contributed by atoms with Crippen molar-refractivity contribution in [2.24, 2.45) is 0 Å². The summed E-state index contributed by atoms with van der Waals surface area (Å²) < 4.78 is 35.1. The lowest BCUT2D eigenvalue weighted by Crippen LogP contribution is -2.48. The van der Waals surface area contributed by atoms with E-state index in [0.717, 1.165) is 22.4 Å². The Bertz CT molecular complexity index is 1520. The van der Waals surface area contributed by atoms with Gasteiger partial charge in [0.2, 0.25) is 5.13 Å². The molecule has 2 heterocycles. The van der Waals surface area contributed by atoms with Gasteiger partial charge < -0.3 is 4.74 Å². The first-order valence-corrected chi connectivity index (χ1v) is 14.7. The third-order valence-electron chi connectivity index (χ3n) is 5.73. The van der Waals surface area contributed by atoms with Crippen molar-refractivity contribution in [1.29, 1.82) is 0 Å². The highest BCUT2D eigenvalue weighted by atomic mass is 32.2. The molecule has 5 rings (SSSR count). The third-order valence-corrected chi connectivity index (χ3v) is 9.56. The van der Waals surface area contributed by atoms with Crippen LogP contribution in [0.4, 0.5) is 10.8 Å². The highest BCUT2D eigenvalue weighted by Gasteiger charge is 2.38. The molecule has 190 valence electrons. The molecule has 11 heteroatoms. The fourth-order valence-electron chi connectivity index (χ4n) is 3.79. The number of amides is 1. The molecule has 0 fully saturated rings. The molecule has 0 radical (unpaired) electrons. The smallest absolute Gasteiger partial charge is 0.269 e. The Labute approximate surface area is 223 Å². The van der Waals surface area contributed by atoms with E-state index in [-0.39, 0.29) is 11.4 Å². The number of thioether (sulfide) groups is 1. The van der Waals surface area contributed by atoms with Crippen LogP contribution >= 0.6 is 23.1 Å². The molecule has 3 aromatic carbocycles. The van der Waals surface area contributed by atoms with Gasteiger partial charge in [0.15, 0.2) is 10.4 Å². The Kier molecular flexibility index (Phi) is 7.18. The van der Waals surface area contributed by atoms with Crippen LogP contribution in [-0.2, 0) is 20.6 Å². The first-order valence-electron chi connectivity index (χ1n) is 11.5. The summed E-state index contributed by atoms with van der Waals surface area (Å²) in [7, 11) is -3.93. The van der Waals surface area contributed by atoms with E-state index >= 15 is 0 Å². The lowest BCUT2D eigenvalue weighted by molar-refractivity contribution is -0.122.